The van der Waals surface area contributed by atoms with Gasteiger partial charge in [-0.05, 0) is 23.6 Å². The highest BCUT2D eigenvalue weighted by atomic mass is 32.2. The van der Waals surface area contributed by atoms with Crippen molar-refractivity contribution in [2.45, 2.75) is 40.7 Å². The average Bonchev–Trinajstić information content (AvgIpc) is 2.45. The predicted molar refractivity (Wildman–Crippen MR) is 93.2 cm³/mol. The highest BCUT2D eigenvalue weighted by Gasteiger charge is 2.17. The minimum Gasteiger partial charge on any atom is -0.326 e. The van der Waals surface area contributed by atoms with E-state index in [4.69, 9.17) is 0 Å². The van der Waals surface area contributed by atoms with Gasteiger partial charge in [-0.1, -0.05) is 39.8 Å². The number of nitrogens with zero attached hydrogens (tertiary/aromatic N) is 1. The summed E-state index contributed by atoms with van der Waals surface area (Å²) in [7, 11) is -3.48. The molecule has 0 atom stereocenters. The number of hydrogen-bond acceptors (Lipinski definition) is 3. The molecule has 1 aromatic rings. The molecule has 0 unspecified atom stereocenters. The lowest BCUT2D eigenvalue weighted by Crippen LogP contribution is -2.40. The van der Waals surface area contributed by atoms with Crippen LogP contribution in [-0.4, -0.2) is 31.7 Å². The molecule has 0 aromatic heterocycles. The molecule has 2 N–H and O–H groups in total. The maximum absolute atomic E-state index is 12.1. The molecule has 0 saturated carbocycles. The van der Waals surface area contributed by atoms with E-state index in [0.717, 1.165) is 5.56 Å². The van der Waals surface area contributed by atoms with E-state index in [2.05, 4.69) is 10.0 Å². The first kappa shape index (κ1) is 19.6. The molecule has 6 nitrogen and oxygen atoms in total. The normalized spacial score (nSPS) is 11.9. The van der Waals surface area contributed by atoms with Gasteiger partial charge in [0.1, 0.15) is 0 Å². The summed E-state index contributed by atoms with van der Waals surface area (Å²) in [4.78, 5) is 11.8. The van der Waals surface area contributed by atoms with E-state index in [-0.39, 0.29) is 12.5 Å². The van der Waals surface area contributed by atoms with E-state index in [0.29, 0.717) is 31.1 Å². The van der Waals surface area contributed by atoms with Gasteiger partial charge in [0.25, 0.3) is 10.2 Å². The van der Waals surface area contributed by atoms with E-state index in [1.54, 1.807) is 32.0 Å². The van der Waals surface area contributed by atoms with Gasteiger partial charge in [-0.15, -0.1) is 0 Å². The number of hydrogen-bond donors (Lipinski definition) is 2. The van der Waals surface area contributed by atoms with Gasteiger partial charge in [-0.2, -0.15) is 17.4 Å². The largest absolute Gasteiger partial charge is 0.326 e. The van der Waals surface area contributed by atoms with Gasteiger partial charge >= 0.3 is 0 Å². The van der Waals surface area contributed by atoms with Crippen LogP contribution in [0.5, 0.6) is 0 Å². The first-order valence-electron chi connectivity index (χ1n) is 7.92. The molecule has 1 rings (SSSR count). The summed E-state index contributed by atoms with van der Waals surface area (Å²) in [6.07, 6.45) is 0.457. The van der Waals surface area contributed by atoms with Gasteiger partial charge in [0.15, 0.2) is 0 Å². The van der Waals surface area contributed by atoms with Crippen molar-refractivity contribution in [1.29, 1.82) is 0 Å². The zero-order valence-corrected chi connectivity index (χ0v) is 15.1. The van der Waals surface area contributed by atoms with E-state index < -0.39 is 10.2 Å². The van der Waals surface area contributed by atoms with Crippen LogP contribution < -0.4 is 10.0 Å². The molecule has 0 spiro atoms. The topological polar surface area (TPSA) is 78.5 Å². The van der Waals surface area contributed by atoms with Crippen molar-refractivity contribution in [3.8, 4) is 0 Å². The Hall–Kier alpha value is -1.44. The Kier molecular flexibility index (Phi) is 7.67. The third kappa shape index (κ3) is 6.68. The van der Waals surface area contributed by atoms with Crippen LogP contribution in [0.3, 0.4) is 0 Å². The highest BCUT2D eigenvalue weighted by molar-refractivity contribution is 7.87. The Bertz CT molecular complexity index is 611. The van der Waals surface area contributed by atoms with Gasteiger partial charge in [0, 0.05) is 31.7 Å². The monoisotopic (exact) mass is 341 g/mol. The zero-order chi connectivity index (χ0) is 17.5. The molecule has 130 valence electrons. The van der Waals surface area contributed by atoms with Gasteiger partial charge < -0.3 is 5.32 Å². The summed E-state index contributed by atoms with van der Waals surface area (Å²) in [5.74, 6) is 0.250. The standard InChI is InChI=1S/C16H27N3O3S/c1-5-19(6-2)23(21,22)17-12-14-8-7-9-15(11-14)18-16(20)10-13(3)4/h7-9,11,13,17H,5-6,10,12H2,1-4H3,(H,18,20). The molecule has 0 saturated heterocycles. The second-order valence-corrected chi connectivity index (χ2v) is 7.51. The molecule has 1 amide bonds. The molecular weight excluding hydrogens is 314 g/mol. The van der Waals surface area contributed by atoms with E-state index >= 15 is 0 Å². The number of amides is 1. The SMILES string of the molecule is CCN(CC)S(=O)(=O)NCc1cccc(NC(=O)CC(C)C)c1. The van der Waals surface area contributed by atoms with Gasteiger partial charge in [0.2, 0.25) is 5.91 Å². The number of nitrogens with one attached hydrogen (secondary N) is 2. The van der Waals surface area contributed by atoms with Crippen molar-refractivity contribution < 1.29 is 13.2 Å². The molecule has 0 aliphatic carbocycles. The van der Waals surface area contributed by atoms with E-state index in [9.17, 15) is 13.2 Å². The fourth-order valence-corrected chi connectivity index (χ4v) is 3.38. The van der Waals surface area contributed by atoms with Crippen molar-refractivity contribution in [2.24, 2.45) is 5.92 Å². The van der Waals surface area contributed by atoms with Crippen molar-refractivity contribution in [3.63, 3.8) is 0 Å². The van der Waals surface area contributed by atoms with Crippen LogP contribution in [0.2, 0.25) is 0 Å². The summed E-state index contributed by atoms with van der Waals surface area (Å²) in [5.41, 5.74) is 1.47. The molecule has 0 radical (unpaired) electrons. The number of carbonyl (C=O) groups excluding carboxylic acids is 1. The molecule has 0 heterocycles. The fraction of sp³-hybridized carbons (Fsp3) is 0.562. The fourth-order valence-electron chi connectivity index (χ4n) is 2.17. The summed E-state index contributed by atoms with van der Waals surface area (Å²) in [6, 6.07) is 7.19. The third-order valence-corrected chi connectivity index (χ3v) is 5.01. The van der Waals surface area contributed by atoms with Crippen LogP contribution in [0.4, 0.5) is 5.69 Å². The first-order chi connectivity index (χ1) is 10.8. The molecular formula is C16H27N3O3S. The van der Waals surface area contributed by atoms with Gasteiger partial charge in [0.05, 0.1) is 0 Å². The van der Waals surface area contributed by atoms with Crippen LogP contribution >= 0.6 is 0 Å². The summed E-state index contributed by atoms with van der Waals surface area (Å²) in [5, 5.41) is 2.83. The Morgan fingerprint density at radius 1 is 1.22 bits per heavy atom. The number of rotatable bonds is 9. The molecule has 0 aliphatic heterocycles. The number of benzene rings is 1. The minimum absolute atomic E-state index is 0.0409. The smallest absolute Gasteiger partial charge is 0.279 e. The van der Waals surface area contributed by atoms with Crippen molar-refractivity contribution in [2.75, 3.05) is 18.4 Å². The maximum Gasteiger partial charge on any atom is 0.279 e. The van der Waals surface area contributed by atoms with Gasteiger partial charge in [-0.25, -0.2) is 0 Å². The molecule has 0 bridgehead atoms. The quantitative estimate of drug-likeness (QED) is 0.724. The Labute approximate surface area is 139 Å². The summed E-state index contributed by atoms with van der Waals surface area (Å²) in [6.45, 7) is 8.61. The predicted octanol–water partition coefficient (Wildman–Crippen LogP) is 2.35. The Morgan fingerprint density at radius 2 is 1.87 bits per heavy atom. The summed E-state index contributed by atoms with van der Waals surface area (Å²) < 4.78 is 28.1. The van der Waals surface area contributed by atoms with Crippen molar-refractivity contribution in [1.82, 2.24) is 9.03 Å². The third-order valence-electron chi connectivity index (χ3n) is 3.31. The van der Waals surface area contributed by atoms with E-state index in [1.165, 1.54) is 4.31 Å². The number of anilines is 1. The average molecular weight is 341 g/mol. The zero-order valence-electron chi connectivity index (χ0n) is 14.3. The van der Waals surface area contributed by atoms with Crippen LogP contribution in [0.25, 0.3) is 0 Å². The number of carbonyl (C=O) groups is 1. The lowest BCUT2D eigenvalue weighted by molar-refractivity contribution is -0.116. The first-order valence-corrected chi connectivity index (χ1v) is 9.36. The minimum atomic E-state index is -3.48. The lowest BCUT2D eigenvalue weighted by Gasteiger charge is -2.19. The second-order valence-electron chi connectivity index (χ2n) is 5.76. The van der Waals surface area contributed by atoms with Crippen molar-refractivity contribution in [3.05, 3.63) is 29.8 Å². The van der Waals surface area contributed by atoms with Crippen LogP contribution in [-0.2, 0) is 21.5 Å². The van der Waals surface area contributed by atoms with Gasteiger partial charge in [-0.3, -0.25) is 4.79 Å². The van der Waals surface area contributed by atoms with Crippen LogP contribution in [0.1, 0.15) is 39.7 Å². The Balaban J connectivity index is 2.69. The molecule has 0 fully saturated rings. The second kappa shape index (κ2) is 9.00. The summed E-state index contributed by atoms with van der Waals surface area (Å²) >= 11 is 0. The van der Waals surface area contributed by atoms with E-state index in [1.807, 2.05) is 19.9 Å². The molecule has 0 aliphatic rings. The molecule has 7 heteroatoms. The Morgan fingerprint density at radius 3 is 2.43 bits per heavy atom. The molecule has 1 aromatic carbocycles. The lowest BCUT2D eigenvalue weighted by atomic mass is 10.1. The van der Waals surface area contributed by atoms with Crippen LogP contribution in [0.15, 0.2) is 24.3 Å². The van der Waals surface area contributed by atoms with Crippen molar-refractivity contribution >= 4 is 21.8 Å². The maximum atomic E-state index is 12.1. The van der Waals surface area contributed by atoms with Crippen LogP contribution in [0, 0.1) is 5.92 Å². The highest BCUT2D eigenvalue weighted by Crippen LogP contribution is 2.12. The molecule has 23 heavy (non-hydrogen) atoms.